The Morgan fingerprint density at radius 2 is 2.12 bits per heavy atom. The van der Waals surface area contributed by atoms with Crippen molar-refractivity contribution in [3.8, 4) is 5.75 Å². The van der Waals surface area contributed by atoms with E-state index in [4.69, 9.17) is 10.5 Å². The second kappa shape index (κ2) is 5.92. The Morgan fingerprint density at radius 1 is 1.35 bits per heavy atom. The predicted octanol–water partition coefficient (Wildman–Crippen LogP) is 2.38. The number of anilines is 1. The Hall–Kier alpha value is -1.22. The molecule has 0 amide bonds. The van der Waals surface area contributed by atoms with Gasteiger partial charge in [0.1, 0.15) is 12.4 Å². The number of nitrogens with zero attached hydrogens (tertiary/aromatic N) is 1. The zero-order valence-corrected chi connectivity index (χ0v) is 10.6. The van der Waals surface area contributed by atoms with Gasteiger partial charge in [0.25, 0.3) is 0 Å². The maximum Gasteiger partial charge on any atom is 0.119 e. The zero-order valence-electron chi connectivity index (χ0n) is 10.6. The van der Waals surface area contributed by atoms with E-state index in [1.807, 2.05) is 24.3 Å². The van der Waals surface area contributed by atoms with E-state index in [0.29, 0.717) is 0 Å². The first-order valence-corrected chi connectivity index (χ1v) is 6.48. The van der Waals surface area contributed by atoms with Gasteiger partial charge in [-0.15, -0.1) is 0 Å². The van der Waals surface area contributed by atoms with Crippen molar-refractivity contribution in [1.29, 1.82) is 0 Å². The summed E-state index contributed by atoms with van der Waals surface area (Å²) in [6.07, 6.45) is 2.65. The number of rotatable bonds is 5. The third-order valence-corrected chi connectivity index (χ3v) is 3.50. The van der Waals surface area contributed by atoms with Gasteiger partial charge >= 0.3 is 0 Å². The minimum Gasteiger partial charge on any atom is -0.492 e. The Bertz CT molecular complexity index is 337. The molecule has 0 aliphatic carbocycles. The lowest BCUT2D eigenvalue weighted by Gasteiger charge is -2.16. The molecule has 1 saturated heterocycles. The molecule has 1 fully saturated rings. The first-order valence-electron chi connectivity index (χ1n) is 6.48. The Balaban J connectivity index is 1.68. The Kier molecular flexibility index (Phi) is 4.26. The van der Waals surface area contributed by atoms with Gasteiger partial charge in [-0.2, -0.15) is 0 Å². The summed E-state index contributed by atoms with van der Waals surface area (Å²) in [4.78, 5) is 2.49. The highest BCUT2D eigenvalue weighted by atomic mass is 16.5. The lowest BCUT2D eigenvalue weighted by atomic mass is 10.1. The normalized spacial score (nSPS) is 20.6. The summed E-state index contributed by atoms with van der Waals surface area (Å²) < 4.78 is 5.69. The number of benzene rings is 1. The number of ether oxygens (including phenoxy) is 1. The lowest BCUT2D eigenvalue weighted by Crippen LogP contribution is -2.26. The molecule has 0 bridgehead atoms. The quantitative estimate of drug-likeness (QED) is 0.795. The van der Waals surface area contributed by atoms with Gasteiger partial charge in [-0.3, -0.25) is 4.90 Å². The van der Waals surface area contributed by atoms with Crippen molar-refractivity contribution < 1.29 is 4.74 Å². The summed E-state index contributed by atoms with van der Waals surface area (Å²) in [7, 11) is 0. The molecule has 0 spiro atoms. The van der Waals surface area contributed by atoms with Gasteiger partial charge < -0.3 is 10.5 Å². The van der Waals surface area contributed by atoms with Crippen LogP contribution in [0.15, 0.2) is 24.3 Å². The highest BCUT2D eigenvalue weighted by molar-refractivity contribution is 5.41. The van der Waals surface area contributed by atoms with E-state index < -0.39 is 0 Å². The number of nitrogen functional groups attached to an aromatic ring is 1. The second-order valence-corrected chi connectivity index (χ2v) is 4.78. The van der Waals surface area contributed by atoms with Crippen molar-refractivity contribution in [2.24, 2.45) is 5.92 Å². The van der Waals surface area contributed by atoms with E-state index in [-0.39, 0.29) is 0 Å². The molecule has 94 valence electrons. The van der Waals surface area contributed by atoms with Gasteiger partial charge in [-0.25, -0.2) is 0 Å². The van der Waals surface area contributed by atoms with Crippen LogP contribution < -0.4 is 10.5 Å². The molecule has 0 radical (unpaired) electrons. The summed E-state index contributed by atoms with van der Waals surface area (Å²) in [5.41, 5.74) is 6.40. The maximum absolute atomic E-state index is 5.69. The zero-order chi connectivity index (χ0) is 12.1. The predicted molar refractivity (Wildman–Crippen MR) is 71.2 cm³/mol. The van der Waals surface area contributed by atoms with Gasteiger partial charge in [-0.1, -0.05) is 13.3 Å². The number of hydrogen-bond donors (Lipinski definition) is 1. The molecule has 2 N–H and O–H groups in total. The molecule has 2 rings (SSSR count). The van der Waals surface area contributed by atoms with E-state index >= 15 is 0 Å². The molecular weight excluding hydrogens is 212 g/mol. The van der Waals surface area contributed by atoms with Crippen molar-refractivity contribution in [3.63, 3.8) is 0 Å². The van der Waals surface area contributed by atoms with Crippen molar-refractivity contribution >= 4 is 5.69 Å². The number of likely N-dealkylation sites (tertiary alicyclic amines) is 1. The molecular formula is C14H22N2O. The summed E-state index contributed by atoms with van der Waals surface area (Å²) in [6.45, 7) is 6.53. The van der Waals surface area contributed by atoms with E-state index in [1.165, 1.54) is 25.9 Å². The summed E-state index contributed by atoms with van der Waals surface area (Å²) in [5.74, 6) is 1.80. The molecule has 1 aliphatic heterocycles. The maximum atomic E-state index is 5.69. The Morgan fingerprint density at radius 3 is 2.76 bits per heavy atom. The fourth-order valence-electron chi connectivity index (χ4n) is 2.31. The number of hydrogen-bond acceptors (Lipinski definition) is 3. The molecule has 1 aromatic rings. The van der Waals surface area contributed by atoms with Gasteiger partial charge in [-0.05, 0) is 43.1 Å². The molecule has 3 nitrogen and oxygen atoms in total. The largest absolute Gasteiger partial charge is 0.492 e. The van der Waals surface area contributed by atoms with Gasteiger partial charge in [0.05, 0.1) is 0 Å². The van der Waals surface area contributed by atoms with Crippen molar-refractivity contribution in [3.05, 3.63) is 24.3 Å². The topological polar surface area (TPSA) is 38.5 Å². The highest BCUT2D eigenvalue weighted by Gasteiger charge is 2.20. The van der Waals surface area contributed by atoms with E-state index in [9.17, 15) is 0 Å². The third kappa shape index (κ3) is 3.63. The molecule has 1 unspecified atom stereocenters. The van der Waals surface area contributed by atoms with Crippen LogP contribution in [0.5, 0.6) is 5.75 Å². The van der Waals surface area contributed by atoms with E-state index in [0.717, 1.165) is 30.5 Å². The molecule has 0 saturated carbocycles. The summed E-state index contributed by atoms with van der Waals surface area (Å²) >= 11 is 0. The standard InChI is InChI=1S/C14H22N2O/c1-2-12-7-8-16(11-12)9-10-17-14-5-3-13(15)4-6-14/h3-6,12H,2,7-11,15H2,1H3. The lowest BCUT2D eigenvalue weighted by molar-refractivity contribution is 0.232. The van der Waals surface area contributed by atoms with Crippen LogP contribution in [0.4, 0.5) is 5.69 Å². The minimum absolute atomic E-state index is 0.764. The fraction of sp³-hybridized carbons (Fsp3) is 0.571. The first-order chi connectivity index (χ1) is 8.28. The fourth-order valence-corrected chi connectivity index (χ4v) is 2.31. The summed E-state index contributed by atoms with van der Waals surface area (Å²) in [5, 5.41) is 0. The molecule has 0 aromatic heterocycles. The SMILES string of the molecule is CCC1CCN(CCOc2ccc(N)cc2)C1. The minimum atomic E-state index is 0.764. The van der Waals surface area contributed by atoms with Crippen LogP contribution in [-0.2, 0) is 0 Å². The second-order valence-electron chi connectivity index (χ2n) is 4.78. The number of nitrogens with two attached hydrogens (primary N) is 1. The monoisotopic (exact) mass is 234 g/mol. The molecule has 1 heterocycles. The van der Waals surface area contributed by atoms with Gasteiger partial charge in [0, 0.05) is 18.8 Å². The van der Waals surface area contributed by atoms with Crippen LogP contribution >= 0.6 is 0 Å². The smallest absolute Gasteiger partial charge is 0.119 e. The summed E-state index contributed by atoms with van der Waals surface area (Å²) in [6, 6.07) is 7.60. The van der Waals surface area contributed by atoms with Crippen molar-refractivity contribution in [1.82, 2.24) is 4.90 Å². The highest BCUT2D eigenvalue weighted by Crippen LogP contribution is 2.19. The van der Waals surface area contributed by atoms with Crippen LogP contribution in [-0.4, -0.2) is 31.1 Å². The van der Waals surface area contributed by atoms with Gasteiger partial charge in [0.15, 0.2) is 0 Å². The van der Waals surface area contributed by atoms with Crippen molar-refractivity contribution in [2.75, 3.05) is 32.0 Å². The first kappa shape index (κ1) is 12.2. The van der Waals surface area contributed by atoms with Crippen molar-refractivity contribution in [2.45, 2.75) is 19.8 Å². The van der Waals surface area contributed by atoms with Crippen LogP contribution in [0, 0.1) is 5.92 Å². The average Bonchev–Trinajstić information content (AvgIpc) is 2.80. The van der Waals surface area contributed by atoms with Crippen LogP contribution in [0.25, 0.3) is 0 Å². The molecule has 1 atom stereocenters. The molecule has 17 heavy (non-hydrogen) atoms. The Labute approximate surface area is 104 Å². The average molecular weight is 234 g/mol. The molecule has 1 aromatic carbocycles. The van der Waals surface area contributed by atoms with Gasteiger partial charge in [0.2, 0.25) is 0 Å². The van der Waals surface area contributed by atoms with Crippen LogP contribution in [0.2, 0.25) is 0 Å². The third-order valence-electron chi connectivity index (χ3n) is 3.50. The van der Waals surface area contributed by atoms with E-state index in [1.54, 1.807) is 0 Å². The molecule has 1 aliphatic rings. The molecule has 3 heteroatoms. The van der Waals surface area contributed by atoms with Crippen LogP contribution in [0.3, 0.4) is 0 Å². The van der Waals surface area contributed by atoms with E-state index in [2.05, 4.69) is 11.8 Å². The van der Waals surface area contributed by atoms with Crippen LogP contribution in [0.1, 0.15) is 19.8 Å².